The summed E-state index contributed by atoms with van der Waals surface area (Å²) in [5.74, 6) is -0.678. The molecule has 41 heavy (non-hydrogen) atoms. The van der Waals surface area contributed by atoms with Crippen molar-refractivity contribution in [1.82, 2.24) is 20.4 Å². The minimum atomic E-state index is -0.699. The molecule has 0 saturated carbocycles. The number of nitrogens with one attached hydrogen (secondary N) is 2. The van der Waals surface area contributed by atoms with E-state index < -0.39 is 24.1 Å². The molecule has 13 heteroatoms. The SMILES string of the molecule is CN(C)CCN(C)C(=O)ON=C(N)c1ccc(N2CCC(NC(=O)NCCC(=O)OCc3ccccc3)C2=O)cc1. The van der Waals surface area contributed by atoms with Gasteiger partial charge in [-0.25, -0.2) is 9.59 Å². The molecule has 1 saturated heterocycles. The predicted molar refractivity (Wildman–Crippen MR) is 153 cm³/mol. The second-order valence-corrected chi connectivity index (χ2v) is 9.73. The van der Waals surface area contributed by atoms with Gasteiger partial charge in [-0.05, 0) is 50.3 Å². The molecule has 1 unspecified atom stereocenters. The number of rotatable bonds is 12. The van der Waals surface area contributed by atoms with Gasteiger partial charge in [-0.3, -0.25) is 14.4 Å². The van der Waals surface area contributed by atoms with Gasteiger partial charge in [0.2, 0.25) is 5.91 Å². The van der Waals surface area contributed by atoms with E-state index in [2.05, 4.69) is 15.8 Å². The van der Waals surface area contributed by atoms with E-state index in [0.29, 0.717) is 37.3 Å². The topological polar surface area (TPSA) is 159 Å². The van der Waals surface area contributed by atoms with Gasteiger partial charge in [-0.1, -0.05) is 35.5 Å². The van der Waals surface area contributed by atoms with Crippen LogP contribution in [0.1, 0.15) is 24.0 Å². The van der Waals surface area contributed by atoms with E-state index in [1.165, 1.54) is 4.90 Å². The van der Waals surface area contributed by atoms with Crippen LogP contribution in [-0.2, 0) is 25.8 Å². The van der Waals surface area contributed by atoms with Gasteiger partial charge in [-0.15, -0.1) is 0 Å². The minimum absolute atomic E-state index is 0.0100. The van der Waals surface area contributed by atoms with Gasteiger partial charge in [-0.2, -0.15) is 0 Å². The zero-order chi connectivity index (χ0) is 29.8. The number of esters is 1. The number of likely N-dealkylation sites (N-methyl/N-ethyl adjacent to an activating group) is 2. The van der Waals surface area contributed by atoms with Crippen molar-refractivity contribution in [1.29, 1.82) is 0 Å². The monoisotopic (exact) mass is 567 g/mol. The van der Waals surface area contributed by atoms with Crippen LogP contribution in [0.5, 0.6) is 0 Å². The van der Waals surface area contributed by atoms with E-state index in [1.54, 1.807) is 36.2 Å². The lowest BCUT2D eigenvalue weighted by atomic mass is 10.2. The number of nitrogens with zero attached hydrogens (tertiary/aromatic N) is 4. The molecule has 3 rings (SSSR count). The molecule has 0 aliphatic carbocycles. The quantitative estimate of drug-likeness (QED) is 0.114. The summed E-state index contributed by atoms with van der Waals surface area (Å²) >= 11 is 0. The Morgan fingerprint density at radius 2 is 1.76 bits per heavy atom. The lowest BCUT2D eigenvalue weighted by molar-refractivity contribution is -0.144. The summed E-state index contributed by atoms with van der Waals surface area (Å²) in [7, 11) is 5.41. The molecule has 4 N–H and O–H groups in total. The first-order valence-electron chi connectivity index (χ1n) is 13.2. The van der Waals surface area contributed by atoms with E-state index in [-0.39, 0.29) is 31.3 Å². The molecule has 13 nitrogen and oxygen atoms in total. The number of amidine groups is 1. The summed E-state index contributed by atoms with van der Waals surface area (Å²) in [6.07, 6.45) is -0.191. The Morgan fingerprint density at radius 1 is 1.05 bits per heavy atom. The summed E-state index contributed by atoms with van der Waals surface area (Å²) in [4.78, 5) is 58.9. The molecule has 0 spiro atoms. The van der Waals surface area contributed by atoms with Crippen LogP contribution in [-0.4, -0.2) is 93.0 Å². The van der Waals surface area contributed by atoms with Crippen molar-refractivity contribution < 1.29 is 28.8 Å². The van der Waals surface area contributed by atoms with Crippen molar-refractivity contribution in [2.45, 2.75) is 25.5 Å². The lowest BCUT2D eigenvalue weighted by Crippen LogP contribution is -2.46. The third-order valence-electron chi connectivity index (χ3n) is 6.26. The van der Waals surface area contributed by atoms with Gasteiger partial charge in [0.25, 0.3) is 0 Å². The van der Waals surface area contributed by atoms with E-state index in [9.17, 15) is 19.2 Å². The Labute approximate surface area is 239 Å². The Kier molecular flexibility index (Phi) is 11.5. The van der Waals surface area contributed by atoms with Crippen molar-refractivity contribution in [3.8, 4) is 0 Å². The van der Waals surface area contributed by atoms with E-state index in [1.807, 2.05) is 49.3 Å². The van der Waals surface area contributed by atoms with Gasteiger partial charge in [0.1, 0.15) is 12.6 Å². The number of nitrogens with two attached hydrogens (primary N) is 1. The minimum Gasteiger partial charge on any atom is -0.461 e. The van der Waals surface area contributed by atoms with Crippen molar-refractivity contribution in [3.63, 3.8) is 0 Å². The van der Waals surface area contributed by atoms with Crippen LogP contribution in [0.4, 0.5) is 15.3 Å². The zero-order valence-electron chi connectivity index (χ0n) is 23.5. The molecular weight excluding hydrogens is 530 g/mol. The zero-order valence-corrected chi connectivity index (χ0v) is 23.5. The number of oxime groups is 1. The molecule has 1 fully saturated rings. The molecule has 0 radical (unpaired) electrons. The number of amides is 4. The third-order valence-corrected chi connectivity index (χ3v) is 6.26. The first-order valence-corrected chi connectivity index (χ1v) is 13.2. The number of hydrogen-bond acceptors (Lipinski definition) is 8. The van der Waals surface area contributed by atoms with Crippen LogP contribution in [0, 0.1) is 0 Å². The van der Waals surface area contributed by atoms with Gasteiger partial charge < -0.3 is 35.8 Å². The molecular formula is C28H37N7O6. The third kappa shape index (κ3) is 9.80. The highest BCUT2D eigenvalue weighted by molar-refractivity contribution is 6.02. The maximum absolute atomic E-state index is 12.9. The summed E-state index contributed by atoms with van der Waals surface area (Å²) < 4.78 is 5.18. The van der Waals surface area contributed by atoms with Crippen molar-refractivity contribution in [2.75, 3.05) is 52.2 Å². The second-order valence-electron chi connectivity index (χ2n) is 9.73. The smallest absolute Gasteiger partial charge is 0.435 e. The van der Waals surface area contributed by atoms with Gasteiger partial charge in [0.15, 0.2) is 5.84 Å². The first kappa shape index (κ1) is 30.9. The Hall–Kier alpha value is -4.65. The summed E-state index contributed by atoms with van der Waals surface area (Å²) in [5.41, 5.74) is 7.97. The number of carbonyl (C=O) groups excluding carboxylic acids is 4. The summed E-state index contributed by atoms with van der Waals surface area (Å²) in [6, 6.07) is 14.8. The Bertz CT molecular complexity index is 1220. The first-order chi connectivity index (χ1) is 19.6. The Morgan fingerprint density at radius 3 is 2.44 bits per heavy atom. The fourth-order valence-electron chi connectivity index (χ4n) is 3.83. The van der Waals surface area contributed by atoms with Gasteiger partial charge >= 0.3 is 18.1 Å². The van der Waals surface area contributed by atoms with Crippen molar-refractivity contribution >= 4 is 35.5 Å². The number of anilines is 1. The molecule has 2 aromatic carbocycles. The Balaban J connectivity index is 1.41. The summed E-state index contributed by atoms with van der Waals surface area (Å²) in [5, 5.41) is 8.95. The van der Waals surface area contributed by atoms with Crippen molar-refractivity contribution in [2.24, 2.45) is 10.9 Å². The van der Waals surface area contributed by atoms with Crippen LogP contribution in [0.3, 0.4) is 0 Å². The number of hydrogen-bond donors (Lipinski definition) is 3. The maximum atomic E-state index is 12.9. The highest BCUT2D eigenvalue weighted by Crippen LogP contribution is 2.22. The van der Waals surface area contributed by atoms with E-state index in [4.69, 9.17) is 15.3 Å². The van der Waals surface area contributed by atoms with E-state index in [0.717, 1.165) is 5.56 Å². The fourth-order valence-corrected chi connectivity index (χ4v) is 3.83. The highest BCUT2D eigenvalue weighted by atomic mass is 16.7. The molecule has 1 atom stereocenters. The predicted octanol–water partition coefficient (Wildman–Crippen LogP) is 1.47. The number of carbonyl (C=O) groups is 4. The average Bonchev–Trinajstić information content (AvgIpc) is 3.33. The van der Waals surface area contributed by atoms with Crippen LogP contribution < -0.4 is 21.3 Å². The van der Waals surface area contributed by atoms with Gasteiger partial charge in [0.05, 0.1) is 6.42 Å². The summed E-state index contributed by atoms with van der Waals surface area (Å²) in [6.45, 7) is 1.81. The second kappa shape index (κ2) is 15.2. The van der Waals surface area contributed by atoms with Crippen LogP contribution >= 0.6 is 0 Å². The maximum Gasteiger partial charge on any atom is 0.435 e. The molecule has 220 valence electrons. The normalized spacial score (nSPS) is 15.0. The highest BCUT2D eigenvalue weighted by Gasteiger charge is 2.33. The molecule has 0 aromatic heterocycles. The van der Waals surface area contributed by atoms with E-state index >= 15 is 0 Å². The largest absolute Gasteiger partial charge is 0.461 e. The van der Waals surface area contributed by atoms with Crippen molar-refractivity contribution in [3.05, 3.63) is 65.7 Å². The van der Waals surface area contributed by atoms with Crippen LogP contribution in [0.15, 0.2) is 59.8 Å². The van der Waals surface area contributed by atoms with Crippen LogP contribution in [0.2, 0.25) is 0 Å². The molecule has 1 aliphatic rings. The molecule has 1 aliphatic heterocycles. The number of ether oxygens (including phenoxy) is 1. The standard InChI is InChI=1S/C28H37N7O6/c1-33(2)17-18-34(3)28(39)41-32-25(29)21-9-11-22(12-10-21)35-16-14-23(26(35)37)31-27(38)30-15-13-24(36)40-19-20-7-5-4-6-8-20/h4-12,23H,13-19H2,1-3H3,(H2,29,32)(H2,30,31,38). The molecule has 4 amide bonds. The average molecular weight is 568 g/mol. The van der Waals surface area contributed by atoms with Crippen LogP contribution in [0.25, 0.3) is 0 Å². The lowest BCUT2D eigenvalue weighted by Gasteiger charge is -2.18. The number of urea groups is 1. The molecule has 0 bridgehead atoms. The fraction of sp³-hybridized carbons (Fsp3) is 0.393. The van der Waals surface area contributed by atoms with Gasteiger partial charge in [0, 0.05) is 44.5 Å². The number of benzene rings is 2. The molecule has 1 heterocycles. The molecule has 2 aromatic rings.